The Morgan fingerprint density at radius 2 is 1.82 bits per heavy atom. The first-order valence-electron chi connectivity index (χ1n) is 21.8. The summed E-state index contributed by atoms with van der Waals surface area (Å²) in [6, 6.07) is 7.58. The number of piperazine rings is 1. The molecule has 10 rings (SSSR count). The lowest BCUT2D eigenvalue weighted by Crippen LogP contribution is -2.64. The van der Waals surface area contributed by atoms with Gasteiger partial charge in [-0.25, -0.2) is 18.6 Å². The maximum absolute atomic E-state index is 17.9. The van der Waals surface area contributed by atoms with E-state index >= 15 is 8.78 Å². The molecular formula is C47H54F2N6O4Si. The summed E-state index contributed by atoms with van der Waals surface area (Å²) in [5, 5.41) is 11.8. The molecule has 2 bridgehead atoms. The van der Waals surface area contributed by atoms with Crippen molar-refractivity contribution in [2.75, 3.05) is 31.1 Å². The standard InChI is InChI=1S/C47H54F2N6O4Si/c1-24(2)60(25(3)4,26(5)6)17-16-32-35(48)14-12-29-10-9-11-33(37(29)32)40-39(49)41-38-43(52-45(51-41)58-23-47-19-27(7)20-53(47)21-30-18-34(30)47)54-22-31-13-15-36(55(31)46(56)57)42(54)28(8)59-44(38)50-40/h9-12,14,24-26,28,30-31,34,36,42H,7,13,15,18-23H2,1-6,8H3,(H,56,57)/t28?,30-,31?,34-,36?,42?,47?/m0/s1. The van der Waals surface area contributed by atoms with Gasteiger partial charge in [-0.1, -0.05) is 83.9 Å². The molecule has 0 radical (unpaired) electrons. The normalized spacial score (nSPS) is 27.9. The zero-order valence-corrected chi connectivity index (χ0v) is 36.6. The van der Waals surface area contributed by atoms with Gasteiger partial charge >= 0.3 is 12.1 Å². The predicted octanol–water partition coefficient (Wildman–Crippen LogP) is 9.20. The van der Waals surface area contributed by atoms with Crippen molar-refractivity contribution in [3.63, 3.8) is 0 Å². The van der Waals surface area contributed by atoms with Crippen molar-refractivity contribution in [2.24, 2.45) is 11.8 Å². The number of fused-ring (bicyclic) bond motifs is 9. The minimum atomic E-state index is -2.28. The molecule has 5 fully saturated rings. The van der Waals surface area contributed by atoms with Crippen molar-refractivity contribution in [2.45, 2.75) is 121 Å². The number of hydrogen-bond donors (Lipinski definition) is 1. The largest absolute Gasteiger partial charge is 0.472 e. The van der Waals surface area contributed by atoms with E-state index < -0.39 is 37.9 Å². The number of carboxylic acid groups (broad SMARTS) is 1. The van der Waals surface area contributed by atoms with Crippen LogP contribution < -0.4 is 14.4 Å². The van der Waals surface area contributed by atoms with Crippen LogP contribution in [0, 0.1) is 34.9 Å². The second-order valence-corrected chi connectivity index (χ2v) is 24.9. The van der Waals surface area contributed by atoms with E-state index in [1.54, 1.807) is 17.0 Å². The van der Waals surface area contributed by atoms with Crippen molar-refractivity contribution in [1.82, 2.24) is 24.8 Å². The smallest absolute Gasteiger partial charge is 0.407 e. The van der Waals surface area contributed by atoms with Crippen LogP contribution in [0.1, 0.15) is 79.7 Å². The lowest BCUT2D eigenvalue weighted by molar-refractivity contribution is 0.0704. The molecular weight excluding hydrogens is 779 g/mol. The Kier molecular flexibility index (Phi) is 9.09. The molecule has 1 N–H and O–H groups in total. The molecule has 5 aliphatic heterocycles. The number of pyridine rings is 1. The van der Waals surface area contributed by atoms with Crippen molar-refractivity contribution in [3.05, 3.63) is 59.7 Å². The second-order valence-electron chi connectivity index (χ2n) is 19.4. The van der Waals surface area contributed by atoms with E-state index in [0.717, 1.165) is 25.9 Å². The zero-order valence-electron chi connectivity index (χ0n) is 35.6. The van der Waals surface area contributed by atoms with Gasteiger partial charge in [-0.2, -0.15) is 9.97 Å². The van der Waals surface area contributed by atoms with Crippen LogP contribution in [0.3, 0.4) is 0 Å². The monoisotopic (exact) mass is 832 g/mol. The topological polar surface area (TPSA) is 104 Å². The van der Waals surface area contributed by atoms with Gasteiger partial charge in [0.15, 0.2) is 5.82 Å². The number of hydrogen-bond acceptors (Lipinski definition) is 8. The van der Waals surface area contributed by atoms with E-state index in [9.17, 15) is 9.90 Å². The number of amides is 1. The predicted molar refractivity (Wildman–Crippen MR) is 231 cm³/mol. The van der Waals surface area contributed by atoms with Crippen LogP contribution in [0.25, 0.3) is 32.9 Å². The highest BCUT2D eigenvalue weighted by Gasteiger charge is 2.64. The van der Waals surface area contributed by atoms with Gasteiger partial charge in [0.2, 0.25) is 5.88 Å². The van der Waals surface area contributed by atoms with Crippen LogP contribution in [0.15, 0.2) is 42.5 Å². The summed E-state index contributed by atoms with van der Waals surface area (Å²) in [4.78, 5) is 33.6. The van der Waals surface area contributed by atoms with E-state index in [2.05, 4.69) is 69.4 Å². The molecule has 7 atom stereocenters. The summed E-state index contributed by atoms with van der Waals surface area (Å²) in [5.41, 5.74) is 6.21. The van der Waals surface area contributed by atoms with Gasteiger partial charge in [0, 0.05) is 30.6 Å². The summed E-state index contributed by atoms with van der Waals surface area (Å²) in [5.74, 6) is 3.90. The second kappa shape index (κ2) is 13.9. The molecule has 2 aromatic carbocycles. The molecule has 1 aliphatic carbocycles. The van der Waals surface area contributed by atoms with E-state index in [1.165, 1.54) is 11.6 Å². The lowest BCUT2D eigenvalue weighted by Gasteiger charge is -2.47. The fraction of sp³-hybridized carbons (Fsp3) is 0.532. The van der Waals surface area contributed by atoms with Gasteiger partial charge < -0.3 is 19.5 Å². The average molecular weight is 833 g/mol. The maximum Gasteiger partial charge on any atom is 0.407 e. The summed E-state index contributed by atoms with van der Waals surface area (Å²) < 4.78 is 47.5. The fourth-order valence-corrected chi connectivity index (χ4v) is 17.9. The molecule has 0 spiro atoms. The molecule has 6 aliphatic rings. The number of rotatable bonds is 7. The Labute approximate surface area is 351 Å². The first kappa shape index (κ1) is 39.3. The Morgan fingerprint density at radius 1 is 1.05 bits per heavy atom. The van der Waals surface area contributed by atoms with Crippen LogP contribution in [0.5, 0.6) is 11.9 Å². The van der Waals surface area contributed by atoms with Gasteiger partial charge in [-0.15, -0.1) is 5.54 Å². The highest BCUT2D eigenvalue weighted by molar-refractivity contribution is 6.90. The number of aromatic nitrogens is 3. The fourth-order valence-electron chi connectivity index (χ4n) is 12.7. The molecule has 60 heavy (non-hydrogen) atoms. The molecule has 314 valence electrons. The number of carbonyl (C=O) groups is 1. The molecule has 2 aromatic heterocycles. The van der Waals surface area contributed by atoms with Crippen LogP contribution >= 0.6 is 0 Å². The lowest BCUT2D eigenvalue weighted by atomic mass is 9.91. The Morgan fingerprint density at radius 3 is 2.55 bits per heavy atom. The minimum Gasteiger partial charge on any atom is -0.472 e. The molecule has 13 heteroatoms. The van der Waals surface area contributed by atoms with Gasteiger partial charge in [0.05, 0.1) is 29.2 Å². The molecule has 10 nitrogen and oxygen atoms in total. The average Bonchev–Trinajstić information content (AvgIpc) is 3.72. The molecule has 1 amide bonds. The highest BCUT2D eigenvalue weighted by atomic mass is 28.3. The summed E-state index contributed by atoms with van der Waals surface area (Å²) >= 11 is 0. The first-order valence-corrected chi connectivity index (χ1v) is 24.0. The Bertz CT molecular complexity index is 2530. The van der Waals surface area contributed by atoms with E-state index in [4.69, 9.17) is 24.4 Å². The van der Waals surface area contributed by atoms with E-state index in [-0.39, 0.29) is 46.3 Å². The van der Waals surface area contributed by atoms with Gasteiger partial charge in [-0.3, -0.25) is 9.80 Å². The first-order chi connectivity index (χ1) is 28.6. The third kappa shape index (κ3) is 5.65. The molecule has 4 saturated heterocycles. The minimum absolute atomic E-state index is 0.0105. The number of piperidine rings is 1. The van der Waals surface area contributed by atoms with Crippen LogP contribution in [-0.2, 0) is 0 Å². The summed E-state index contributed by atoms with van der Waals surface area (Å²) in [6.07, 6.45) is 1.84. The number of nitrogens with zero attached hydrogens (tertiary/aromatic N) is 6. The molecule has 1 saturated carbocycles. The molecule has 5 unspecified atom stereocenters. The number of benzene rings is 2. The quantitative estimate of drug-likeness (QED) is 0.111. The molecule has 4 aromatic rings. The third-order valence-electron chi connectivity index (χ3n) is 15.3. The van der Waals surface area contributed by atoms with Crippen molar-refractivity contribution < 1.29 is 28.2 Å². The van der Waals surface area contributed by atoms with Crippen molar-refractivity contribution >= 4 is 41.7 Å². The number of anilines is 1. The SMILES string of the molecule is C=C1CN2C[C@@H]3C[C@@H]3C2(COc2nc3c4c(nc(-c5cccc6ccc(F)c(C#C[Si](C(C)C)(C(C)C)C(C)C)c56)c(F)c4n2)OC(C)C2C4CCC(CN32)N4C(=O)O)C1. The van der Waals surface area contributed by atoms with Crippen molar-refractivity contribution in [3.8, 4) is 34.6 Å². The van der Waals surface area contributed by atoms with Gasteiger partial charge in [0.25, 0.3) is 0 Å². The third-order valence-corrected chi connectivity index (χ3v) is 21.6. The number of halogens is 2. The summed E-state index contributed by atoms with van der Waals surface area (Å²) in [6.45, 7) is 22.1. The maximum atomic E-state index is 17.9. The van der Waals surface area contributed by atoms with Crippen LogP contribution in [0.4, 0.5) is 19.4 Å². The number of ether oxygens (including phenoxy) is 2. The van der Waals surface area contributed by atoms with Crippen LogP contribution in [0.2, 0.25) is 16.6 Å². The highest BCUT2D eigenvalue weighted by Crippen LogP contribution is 2.60. The van der Waals surface area contributed by atoms with Gasteiger partial charge in [-0.05, 0) is 72.5 Å². The molecule has 7 heterocycles. The summed E-state index contributed by atoms with van der Waals surface area (Å²) in [7, 11) is -2.28. The van der Waals surface area contributed by atoms with Crippen LogP contribution in [-0.4, -0.2) is 100 Å². The Hall–Kier alpha value is -4.80. The van der Waals surface area contributed by atoms with Gasteiger partial charge in [0.1, 0.15) is 49.0 Å². The van der Waals surface area contributed by atoms with E-state index in [0.29, 0.717) is 82.0 Å². The zero-order chi connectivity index (χ0) is 42.2. The van der Waals surface area contributed by atoms with E-state index in [1.807, 2.05) is 19.1 Å². The van der Waals surface area contributed by atoms with Crippen molar-refractivity contribution in [1.29, 1.82) is 0 Å². The Balaban J connectivity index is 1.17.